The Kier molecular flexibility index (Phi) is 5.90. The van der Waals surface area contributed by atoms with Gasteiger partial charge in [0, 0.05) is 38.4 Å². The van der Waals surface area contributed by atoms with E-state index in [0.29, 0.717) is 6.61 Å². The van der Waals surface area contributed by atoms with Crippen LogP contribution in [0.2, 0.25) is 0 Å². The second-order valence-corrected chi connectivity index (χ2v) is 6.14. The second-order valence-electron chi connectivity index (χ2n) is 6.14. The summed E-state index contributed by atoms with van der Waals surface area (Å²) >= 11 is 0. The highest BCUT2D eigenvalue weighted by Crippen LogP contribution is 2.16. The molecule has 2 aromatic carbocycles. The molecule has 0 saturated carbocycles. The van der Waals surface area contributed by atoms with Crippen LogP contribution < -0.4 is 10.1 Å². The number of piperazine rings is 1. The molecule has 5 heteroatoms. The third-order valence-electron chi connectivity index (χ3n) is 4.30. The molecule has 1 heterocycles. The lowest BCUT2D eigenvalue weighted by atomic mass is 10.2. The summed E-state index contributed by atoms with van der Waals surface area (Å²) in [6.07, 6.45) is 0. The molecule has 0 aromatic heterocycles. The molecule has 1 saturated heterocycles. The maximum absolute atomic E-state index is 12.3. The molecule has 25 heavy (non-hydrogen) atoms. The predicted octanol–water partition coefficient (Wildman–Crippen LogP) is 3.44. The molecule has 0 spiro atoms. The van der Waals surface area contributed by atoms with Crippen LogP contribution in [0.15, 0.2) is 54.6 Å². The second kappa shape index (κ2) is 8.53. The van der Waals surface area contributed by atoms with E-state index in [0.717, 1.165) is 44.2 Å². The standard InChI is InChI=1S/C20H25N3O2/c1-2-25-19-10-6-7-17(15-19)16-22-11-13-23(14-12-22)20(24)21-18-8-4-3-5-9-18/h3-10,15H,2,11-14,16H2,1H3,(H,21,24). The quantitative estimate of drug-likeness (QED) is 0.908. The Morgan fingerprint density at radius 2 is 1.80 bits per heavy atom. The maximum atomic E-state index is 12.3. The summed E-state index contributed by atoms with van der Waals surface area (Å²) in [5.41, 5.74) is 2.08. The number of nitrogens with zero attached hydrogens (tertiary/aromatic N) is 2. The maximum Gasteiger partial charge on any atom is 0.321 e. The largest absolute Gasteiger partial charge is 0.494 e. The van der Waals surface area contributed by atoms with Gasteiger partial charge in [-0.3, -0.25) is 4.90 Å². The number of hydrogen-bond acceptors (Lipinski definition) is 3. The fourth-order valence-electron chi connectivity index (χ4n) is 2.99. The van der Waals surface area contributed by atoms with Gasteiger partial charge in [0.15, 0.2) is 0 Å². The summed E-state index contributed by atoms with van der Waals surface area (Å²) in [5.74, 6) is 0.917. The van der Waals surface area contributed by atoms with Crippen molar-refractivity contribution in [2.45, 2.75) is 13.5 Å². The van der Waals surface area contributed by atoms with Crippen molar-refractivity contribution in [1.29, 1.82) is 0 Å². The molecular formula is C20H25N3O2. The Hall–Kier alpha value is -2.53. The highest BCUT2D eigenvalue weighted by atomic mass is 16.5. The van der Waals surface area contributed by atoms with E-state index in [1.165, 1.54) is 5.56 Å². The van der Waals surface area contributed by atoms with Gasteiger partial charge in [0.1, 0.15) is 5.75 Å². The molecule has 0 bridgehead atoms. The fourth-order valence-corrected chi connectivity index (χ4v) is 2.99. The Labute approximate surface area is 149 Å². The minimum absolute atomic E-state index is 0.0239. The Bertz CT molecular complexity index is 682. The van der Waals surface area contributed by atoms with Crippen LogP contribution in [0.1, 0.15) is 12.5 Å². The number of hydrogen-bond donors (Lipinski definition) is 1. The minimum Gasteiger partial charge on any atom is -0.494 e. The number of nitrogens with one attached hydrogen (secondary N) is 1. The van der Waals surface area contributed by atoms with Gasteiger partial charge in [-0.15, -0.1) is 0 Å². The lowest BCUT2D eigenvalue weighted by Crippen LogP contribution is -2.49. The first-order valence-corrected chi connectivity index (χ1v) is 8.79. The smallest absolute Gasteiger partial charge is 0.321 e. The lowest BCUT2D eigenvalue weighted by molar-refractivity contribution is 0.143. The number of carbonyl (C=O) groups excluding carboxylic acids is 1. The zero-order valence-electron chi connectivity index (χ0n) is 14.6. The van der Waals surface area contributed by atoms with Crippen molar-refractivity contribution < 1.29 is 9.53 Å². The van der Waals surface area contributed by atoms with Crippen LogP contribution in [0.3, 0.4) is 0 Å². The van der Waals surface area contributed by atoms with Crippen LogP contribution in [0.4, 0.5) is 10.5 Å². The van der Waals surface area contributed by atoms with Gasteiger partial charge in [-0.1, -0.05) is 30.3 Å². The lowest BCUT2D eigenvalue weighted by Gasteiger charge is -2.34. The average Bonchev–Trinajstić information content (AvgIpc) is 2.64. The van der Waals surface area contributed by atoms with E-state index in [-0.39, 0.29) is 6.03 Å². The van der Waals surface area contributed by atoms with Crippen LogP contribution in [0.25, 0.3) is 0 Å². The molecule has 0 atom stereocenters. The van der Waals surface area contributed by atoms with Crippen molar-refractivity contribution in [2.75, 3.05) is 38.1 Å². The van der Waals surface area contributed by atoms with Crippen molar-refractivity contribution in [2.24, 2.45) is 0 Å². The number of ether oxygens (including phenoxy) is 1. The Morgan fingerprint density at radius 3 is 2.52 bits per heavy atom. The molecule has 1 aliphatic heterocycles. The monoisotopic (exact) mass is 339 g/mol. The van der Waals surface area contributed by atoms with E-state index in [1.54, 1.807) is 0 Å². The molecule has 3 rings (SSSR count). The molecule has 1 fully saturated rings. The zero-order chi connectivity index (χ0) is 17.5. The molecule has 132 valence electrons. The minimum atomic E-state index is -0.0239. The van der Waals surface area contributed by atoms with Gasteiger partial charge >= 0.3 is 6.03 Å². The van der Waals surface area contributed by atoms with E-state index < -0.39 is 0 Å². The zero-order valence-corrected chi connectivity index (χ0v) is 14.6. The molecule has 5 nitrogen and oxygen atoms in total. The van der Waals surface area contributed by atoms with Crippen LogP contribution in [0.5, 0.6) is 5.75 Å². The van der Waals surface area contributed by atoms with Crippen molar-refractivity contribution in [1.82, 2.24) is 9.80 Å². The van der Waals surface area contributed by atoms with Crippen LogP contribution in [-0.2, 0) is 6.54 Å². The van der Waals surface area contributed by atoms with Gasteiger partial charge in [-0.2, -0.15) is 0 Å². The highest BCUT2D eigenvalue weighted by molar-refractivity contribution is 5.89. The third-order valence-corrected chi connectivity index (χ3v) is 4.30. The molecule has 0 aliphatic carbocycles. The summed E-state index contributed by atoms with van der Waals surface area (Å²) < 4.78 is 5.56. The van der Waals surface area contributed by atoms with Crippen molar-refractivity contribution in [3.05, 3.63) is 60.2 Å². The Morgan fingerprint density at radius 1 is 1.04 bits per heavy atom. The molecule has 2 amide bonds. The van der Waals surface area contributed by atoms with Gasteiger partial charge in [0.05, 0.1) is 6.61 Å². The highest BCUT2D eigenvalue weighted by Gasteiger charge is 2.21. The van der Waals surface area contributed by atoms with Gasteiger partial charge in [0.2, 0.25) is 0 Å². The van der Waals surface area contributed by atoms with Gasteiger partial charge in [-0.05, 0) is 36.8 Å². The van der Waals surface area contributed by atoms with Crippen molar-refractivity contribution >= 4 is 11.7 Å². The number of carbonyl (C=O) groups is 1. The van der Waals surface area contributed by atoms with E-state index in [9.17, 15) is 4.79 Å². The summed E-state index contributed by atoms with van der Waals surface area (Å²) in [4.78, 5) is 16.6. The number of benzene rings is 2. The van der Waals surface area contributed by atoms with Crippen LogP contribution in [0, 0.1) is 0 Å². The van der Waals surface area contributed by atoms with Crippen molar-refractivity contribution in [3.8, 4) is 5.75 Å². The van der Waals surface area contributed by atoms with E-state index in [2.05, 4.69) is 22.3 Å². The number of rotatable bonds is 5. The molecule has 0 unspecified atom stereocenters. The van der Waals surface area contributed by atoms with Gasteiger partial charge in [-0.25, -0.2) is 4.79 Å². The molecule has 1 aliphatic rings. The van der Waals surface area contributed by atoms with E-state index in [1.807, 2.05) is 54.3 Å². The van der Waals surface area contributed by atoms with E-state index in [4.69, 9.17) is 4.74 Å². The van der Waals surface area contributed by atoms with Crippen molar-refractivity contribution in [3.63, 3.8) is 0 Å². The van der Waals surface area contributed by atoms with Crippen LogP contribution in [-0.4, -0.2) is 48.6 Å². The summed E-state index contributed by atoms with van der Waals surface area (Å²) in [6.45, 7) is 6.79. The van der Waals surface area contributed by atoms with Gasteiger partial charge < -0.3 is 15.0 Å². The first kappa shape index (κ1) is 17.3. The molecular weight excluding hydrogens is 314 g/mol. The summed E-state index contributed by atoms with van der Waals surface area (Å²) in [6, 6.07) is 17.8. The van der Waals surface area contributed by atoms with Gasteiger partial charge in [0.25, 0.3) is 0 Å². The first-order chi connectivity index (χ1) is 12.2. The number of urea groups is 1. The molecule has 0 radical (unpaired) electrons. The van der Waals surface area contributed by atoms with Crippen LogP contribution >= 0.6 is 0 Å². The summed E-state index contributed by atoms with van der Waals surface area (Å²) in [5, 5.41) is 2.95. The molecule has 2 aromatic rings. The van der Waals surface area contributed by atoms with E-state index >= 15 is 0 Å². The topological polar surface area (TPSA) is 44.8 Å². The normalized spacial score (nSPS) is 15.0. The number of amides is 2. The predicted molar refractivity (Wildman–Crippen MR) is 99.9 cm³/mol. The molecule has 1 N–H and O–H groups in total. The summed E-state index contributed by atoms with van der Waals surface area (Å²) in [7, 11) is 0. The Balaban J connectivity index is 1.48. The average molecular weight is 339 g/mol. The fraction of sp³-hybridized carbons (Fsp3) is 0.350. The first-order valence-electron chi connectivity index (χ1n) is 8.79. The number of para-hydroxylation sites is 1. The third kappa shape index (κ3) is 4.97. The number of anilines is 1. The SMILES string of the molecule is CCOc1cccc(CN2CCN(C(=O)Nc3ccccc3)CC2)c1.